The maximum atomic E-state index is 14.0. The Labute approximate surface area is 283 Å². The molecule has 0 bridgehead atoms. The number of carbonyl (C=O) groups excluding carboxylic acids is 5. The predicted octanol–water partition coefficient (Wildman–Crippen LogP) is 3.12. The first-order valence-corrected chi connectivity index (χ1v) is 15.9. The number of phenolic OH excluding ortho intramolecular Hbond substituents is 1. The van der Waals surface area contributed by atoms with Crippen LogP contribution in [0, 0.1) is 23.7 Å². The molecule has 6 atom stereocenters. The average molecular weight is 698 g/mol. The summed E-state index contributed by atoms with van der Waals surface area (Å²) in [7, 11) is 3.01. The van der Waals surface area contributed by atoms with Crippen LogP contribution >= 0.6 is 0 Å². The van der Waals surface area contributed by atoms with E-state index in [9.17, 15) is 57.6 Å². The molecule has 0 saturated heterocycles. The van der Waals surface area contributed by atoms with Crippen molar-refractivity contribution in [3.8, 4) is 16.9 Å². The number of phenols is 1. The number of primary amides is 1. The van der Waals surface area contributed by atoms with E-state index in [4.69, 9.17) is 5.73 Å². The molecule has 0 aliphatic heterocycles. The number of benzene rings is 2. The Balaban J connectivity index is 1.34. The number of nitrogens with two attached hydrogens (primary N) is 1. The van der Waals surface area contributed by atoms with Gasteiger partial charge >= 0.3 is 6.18 Å². The third kappa shape index (κ3) is 5.26. The van der Waals surface area contributed by atoms with Gasteiger partial charge in [-0.05, 0) is 80.6 Å². The molecule has 2 saturated carbocycles. The fraction of sp³-hybridized carbons (Fsp3) is 0.400. The number of hydrogen-bond donors (Lipinski definition) is 6. The summed E-state index contributed by atoms with van der Waals surface area (Å²) in [5.41, 5.74) is 3.04. The lowest BCUT2D eigenvalue weighted by Crippen LogP contribution is -2.65. The van der Waals surface area contributed by atoms with E-state index in [1.165, 1.54) is 37.2 Å². The number of fused-ring (bicyclic) bond motifs is 3. The lowest BCUT2D eigenvalue weighted by atomic mass is 9.57. The van der Waals surface area contributed by atoms with Gasteiger partial charge < -0.3 is 31.5 Å². The van der Waals surface area contributed by atoms with E-state index in [1.807, 2.05) is 0 Å². The van der Waals surface area contributed by atoms with Crippen LogP contribution in [-0.4, -0.2) is 86.4 Å². The van der Waals surface area contributed by atoms with Gasteiger partial charge in [-0.25, -0.2) is 0 Å². The van der Waals surface area contributed by atoms with Crippen molar-refractivity contribution in [3.63, 3.8) is 0 Å². The summed E-state index contributed by atoms with van der Waals surface area (Å²) in [4.78, 5) is 65.7. The molecule has 15 heteroatoms. The van der Waals surface area contributed by atoms with E-state index in [2.05, 4.69) is 5.32 Å². The van der Waals surface area contributed by atoms with Crippen LogP contribution in [-0.2, 0) is 30.4 Å². The van der Waals surface area contributed by atoms with Crippen LogP contribution in [0.4, 0.5) is 18.9 Å². The van der Waals surface area contributed by atoms with Crippen LogP contribution in [0.25, 0.3) is 16.9 Å². The molecular weight excluding hydrogens is 663 g/mol. The van der Waals surface area contributed by atoms with Crippen LogP contribution in [0.2, 0.25) is 0 Å². The Morgan fingerprint density at radius 1 is 0.980 bits per heavy atom. The number of nitrogens with zero attached hydrogens (tertiary/aromatic N) is 1. The van der Waals surface area contributed by atoms with Crippen LogP contribution in [0.15, 0.2) is 53.3 Å². The zero-order valence-corrected chi connectivity index (χ0v) is 26.9. The molecular formula is C35H34F3N3O9. The fourth-order valence-corrected chi connectivity index (χ4v) is 8.28. The second-order valence-corrected chi connectivity index (χ2v) is 13.5. The second kappa shape index (κ2) is 12.1. The summed E-state index contributed by atoms with van der Waals surface area (Å²) < 4.78 is 39.2. The largest absolute Gasteiger partial charge is 0.508 e. The third-order valence-electron chi connectivity index (χ3n) is 10.5. The quantitative estimate of drug-likeness (QED) is 0.243. The number of aromatic hydroxyl groups is 1. The molecule has 0 heterocycles. The Morgan fingerprint density at radius 3 is 2.22 bits per heavy atom. The highest BCUT2D eigenvalue weighted by atomic mass is 19.4. The molecule has 2 aromatic carbocycles. The minimum Gasteiger partial charge on any atom is -0.508 e. The van der Waals surface area contributed by atoms with Gasteiger partial charge in [-0.2, -0.15) is 13.2 Å². The first-order valence-electron chi connectivity index (χ1n) is 15.9. The van der Waals surface area contributed by atoms with Crippen molar-refractivity contribution in [3.05, 3.63) is 64.4 Å². The van der Waals surface area contributed by atoms with Gasteiger partial charge in [0.2, 0.25) is 17.5 Å². The number of Topliss-reactive ketones (excluding diaryl/α,β-unsaturated/α-hetero) is 3. The molecule has 2 amide bonds. The molecule has 0 spiro atoms. The number of ketones is 3. The van der Waals surface area contributed by atoms with E-state index in [-0.39, 0.29) is 48.3 Å². The highest BCUT2D eigenvalue weighted by Crippen LogP contribution is 2.53. The normalized spacial score (nSPS) is 27.9. The summed E-state index contributed by atoms with van der Waals surface area (Å²) in [5, 5.41) is 47.7. The Morgan fingerprint density at radius 2 is 1.62 bits per heavy atom. The Kier molecular flexibility index (Phi) is 8.42. The first kappa shape index (κ1) is 34.8. The SMILES string of the molecule is CN(C)[C@H]1C(=O)C(C(N)=O)=C(O)[C@]2(O)C(=O)C3=C(O)c4c(O)ccc(-c5ccc(NC(=O)C6CCCC6C(=O)C(F)(F)F)cc5)c4C[C@@H]3C[C@H]12. The van der Waals surface area contributed by atoms with E-state index in [0.29, 0.717) is 23.1 Å². The van der Waals surface area contributed by atoms with Crippen molar-refractivity contribution >= 4 is 40.6 Å². The molecule has 2 unspecified atom stereocenters. The van der Waals surface area contributed by atoms with Gasteiger partial charge in [-0.3, -0.25) is 28.9 Å². The van der Waals surface area contributed by atoms with Gasteiger partial charge in [0, 0.05) is 29.0 Å². The van der Waals surface area contributed by atoms with Gasteiger partial charge in [0.1, 0.15) is 22.8 Å². The van der Waals surface area contributed by atoms with Crippen LogP contribution in [0.1, 0.15) is 36.8 Å². The molecule has 0 aromatic heterocycles. The van der Waals surface area contributed by atoms with Crippen molar-refractivity contribution in [2.24, 2.45) is 29.4 Å². The number of aliphatic hydroxyl groups is 3. The van der Waals surface area contributed by atoms with Gasteiger partial charge in [0.05, 0.1) is 11.6 Å². The number of rotatable bonds is 6. The van der Waals surface area contributed by atoms with Crippen LogP contribution in [0.5, 0.6) is 5.75 Å². The Hall–Kier alpha value is -5.02. The zero-order valence-electron chi connectivity index (χ0n) is 26.9. The smallest absolute Gasteiger partial charge is 0.450 e. The molecule has 7 N–H and O–H groups in total. The average Bonchev–Trinajstić information content (AvgIpc) is 3.52. The molecule has 12 nitrogen and oxygen atoms in total. The number of anilines is 1. The number of amides is 2. The third-order valence-corrected chi connectivity index (χ3v) is 10.5. The molecule has 2 fully saturated rings. The molecule has 2 aromatic rings. The number of nitrogens with one attached hydrogen (secondary N) is 1. The van der Waals surface area contributed by atoms with Crippen molar-refractivity contribution in [2.75, 3.05) is 19.4 Å². The van der Waals surface area contributed by atoms with Crippen molar-refractivity contribution < 1.29 is 57.6 Å². The van der Waals surface area contributed by atoms with Gasteiger partial charge in [-0.15, -0.1) is 0 Å². The van der Waals surface area contributed by atoms with Crippen molar-refractivity contribution in [1.29, 1.82) is 0 Å². The number of hydrogen-bond acceptors (Lipinski definition) is 10. The molecule has 264 valence electrons. The standard InChI is InChI=1S/C35H34F3N3O9/c1-41(2)26-21-13-15-12-20-17(14-6-8-16(9-7-14)40-33(49)19-5-3-4-18(19)29(45)35(36,37)38)10-11-22(42)24(20)27(43)23(15)30(46)34(21,50)31(47)25(28(26)44)32(39)48/h6-11,15,18-19,21,26,42-43,47,50H,3-5,12-13H2,1-2H3,(H2,39,48)(H,40,49)/t15-,18?,19?,21-,26-,34-/m1/s1. The van der Waals surface area contributed by atoms with Crippen LogP contribution < -0.4 is 11.1 Å². The highest BCUT2D eigenvalue weighted by Gasteiger charge is 2.64. The maximum absolute atomic E-state index is 14.0. The fourth-order valence-electron chi connectivity index (χ4n) is 8.28. The van der Waals surface area contributed by atoms with E-state index < -0.39 is 87.7 Å². The number of aliphatic hydroxyl groups excluding tert-OH is 2. The lowest BCUT2D eigenvalue weighted by Gasteiger charge is -2.50. The second-order valence-electron chi connectivity index (χ2n) is 13.5. The number of halogens is 3. The minimum atomic E-state index is -5.04. The lowest BCUT2D eigenvalue weighted by molar-refractivity contribution is -0.177. The van der Waals surface area contributed by atoms with E-state index >= 15 is 0 Å². The topological polar surface area (TPSA) is 208 Å². The molecule has 50 heavy (non-hydrogen) atoms. The summed E-state index contributed by atoms with van der Waals surface area (Å²) in [5.74, 6) is -12.8. The van der Waals surface area contributed by atoms with Crippen molar-refractivity contribution in [1.82, 2.24) is 4.90 Å². The molecule has 6 rings (SSSR count). The van der Waals surface area contributed by atoms with E-state index in [1.54, 1.807) is 18.2 Å². The predicted molar refractivity (Wildman–Crippen MR) is 170 cm³/mol. The highest BCUT2D eigenvalue weighted by molar-refractivity contribution is 6.24. The Bertz CT molecular complexity index is 1920. The van der Waals surface area contributed by atoms with Gasteiger partial charge in [-0.1, -0.05) is 24.6 Å². The monoisotopic (exact) mass is 697 g/mol. The molecule has 0 radical (unpaired) electrons. The van der Waals surface area contributed by atoms with E-state index in [0.717, 1.165) is 0 Å². The molecule has 4 aliphatic carbocycles. The first-order chi connectivity index (χ1) is 23.4. The number of alkyl halides is 3. The summed E-state index contributed by atoms with van der Waals surface area (Å²) >= 11 is 0. The van der Waals surface area contributed by atoms with Gasteiger partial charge in [0.25, 0.3) is 5.91 Å². The summed E-state index contributed by atoms with van der Waals surface area (Å²) in [6.45, 7) is 0. The number of likely N-dealkylation sites (N-methyl/N-ethyl adjacent to an activating group) is 1. The summed E-state index contributed by atoms with van der Waals surface area (Å²) in [6.07, 6.45) is -4.66. The zero-order chi connectivity index (χ0) is 36.6. The maximum Gasteiger partial charge on any atom is 0.450 e. The summed E-state index contributed by atoms with van der Waals surface area (Å²) in [6, 6.07) is 7.86. The van der Waals surface area contributed by atoms with Crippen molar-refractivity contribution in [2.45, 2.75) is 49.9 Å². The number of carbonyl (C=O) groups is 5. The molecule has 4 aliphatic rings. The van der Waals surface area contributed by atoms with Gasteiger partial charge in [0.15, 0.2) is 11.4 Å². The minimum absolute atomic E-state index is 0.0324. The van der Waals surface area contributed by atoms with Crippen LogP contribution in [0.3, 0.4) is 0 Å².